The topological polar surface area (TPSA) is 47.1 Å². The van der Waals surface area contributed by atoms with E-state index in [1.54, 1.807) is 0 Å². The summed E-state index contributed by atoms with van der Waals surface area (Å²) in [4.78, 5) is 2.51. The number of aromatic nitrogens is 2. The molecule has 1 aromatic rings. The van der Waals surface area contributed by atoms with Crippen molar-refractivity contribution in [3.63, 3.8) is 0 Å². The molecule has 2 atom stereocenters. The summed E-state index contributed by atoms with van der Waals surface area (Å²) in [5.41, 5.74) is 8.45. The molecule has 4 nitrogen and oxygen atoms in total. The van der Waals surface area contributed by atoms with Crippen LogP contribution in [0.1, 0.15) is 31.0 Å². The van der Waals surface area contributed by atoms with Crippen molar-refractivity contribution in [3.8, 4) is 0 Å². The molecule has 0 spiro atoms. The molecule has 2 N–H and O–H groups in total. The summed E-state index contributed by atoms with van der Waals surface area (Å²) in [7, 11) is 1.98. The first-order valence-corrected chi connectivity index (χ1v) is 6.05. The molecule has 1 aromatic heterocycles. The minimum absolute atomic E-state index is 0.390. The fourth-order valence-electron chi connectivity index (χ4n) is 2.51. The van der Waals surface area contributed by atoms with Crippen molar-refractivity contribution >= 4 is 0 Å². The predicted molar refractivity (Wildman–Crippen MR) is 65.0 cm³/mol. The van der Waals surface area contributed by atoms with Gasteiger partial charge in [0.15, 0.2) is 0 Å². The zero-order valence-electron chi connectivity index (χ0n) is 10.5. The van der Waals surface area contributed by atoms with Crippen LogP contribution in [0.3, 0.4) is 0 Å². The number of piperidine rings is 1. The van der Waals surface area contributed by atoms with Gasteiger partial charge in [-0.1, -0.05) is 0 Å². The molecule has 0 saturated carbocycles. The lowest BCUT2D eigenvalue weighted by Gasteiger charge is -2.36. The average Bonchev–Trinajstić information content (AvgIpc) is 2.50. The van der Waals surface area contributed by atoms with Crippen LogP contribution in [0.25, 0.3) is 0 Å². The van der Waals surface area contributed by atoms with Gasteiger partial charge in [-0.15, -0.1) is 0 Å². The number of nitrogens with two attached hydrogens (primary N) is 1. The van der Waals surface area contributed by atoms with Crippen LogP contribution >= 0.6 is 0 Å². The van der Waals surface area contributed by atoms with Crippen LogP contribution in [-0.4, -0.2) is 33.3 Å². The second kappa shape index (κ2) is 4.55. The van der Waals surface area contributed by atoms with Crippen LogP contribution in [0.5, 0.6) is 0 Å². The van der Waals surface area contributed by atoms with E-state index < -0.39 is 0 Å². The van der Waals surface area contributed by atoms with E-state index in [-0.39, 0.29) is 0 Å². The van der Waals surface area contributed by atoms with Crippen molar-refractivity contribution in [2.75, 3.05) is 6.54 Å². The normalized spacial score (nSPS) is 27.2. The van der Waals surface area contributed by atoms with E-state index in [4.69, 9.17) is 5.73 Å². The van der Waals surface area contributed by atoms with Gasteiger partial charge in [-0.25, -0.2) is 0 Å². The number of hydrogen-bond donors (Lipinski definition) is 1. The molecule has 16 heavy (non-hydrogen) atoms. The molecular formula is C12H22N4. The third kappa shape index (κ3) is 2.44. The summed E-state index contributed by atoms with van der Waals surface area (Å²) in [6.45, 7) is 6.46. The van der Waals surface area contributed by atoms with Crippen LogP contribution < -0.4 is 5.73 Å². The highest BCUT2D eigenvalue weighted by Gasteiger charge is 2.23. The molecule has 0 bridgehead atoms. The number of hydrogen-bond acceptors (Lipinski definition) is 3. The number of nitrogens with zero attached hydrogens (tertiary/aromatic N) is 3. The van der Waals surface area contributed by atoms with Crippen LogP contribution in [0, 0.1) is 6.92 Å². The second-order valence-electron chi connectivity index (χ2n) is 5.02. The smallest absolute Gasteiger partial charge is 0.0638 e. The summed E-state index contributed by atoms with van der Waals surface area (Å²) in [5, 5.41) is 4.38. The van der Waals surface area contributed by atoms with Gasteiger partial charge in [0.25, 0.3) is 0 Å². The quantitative estimate of drug-likeness (QED) is 0.813. The first-order valence-electron chi connectivity index (χ1n) is 6.05. The number of aryl methyl sites for hydroxylation is 2. The molecule has 2 heterocycles. The zero-order chi connectivity index (χ0) is 11.7. The molecule has 0 radical (unpaired) electrons. The molecule has 0 aromatic carbocycles. The van der Waals surface area contributed by atoms with Gasteiger partial charge >= 0.3 is 0 Å². The lowest BCUT2D eigenvalue weighted by atomic mass is 9.98. The van der Waals surface area contributed by atoms with Crippen LogP contribution in [0.15, 0.2) is 6.20 Å². The Morgan fingerprint density at radius 2 is 2.31 bits per heavy atom. The fourth-order valence-corrected chi connectivity index (χ4v) is 2.51. The average molecular weight is 222 g/mol. The summed E-state index contributed by atoms with van der Waals surface area (Å²) >= 11 is 0. The van der Waals surface area contributed by atoms with Gasteiger partial charge in [-0.2, -0.15) is 5.10 Å². The summed E-state index contributed by atoms with van der Waals surface area (Å²) < 4.78 is 1.89. The van der Waals surface area contributed by atoms with Crippen molar-refractivity contribution in [1.29, 1.82) is 0 Å². The maximum atomic E-state index is 5.97. The lowest BCUT2D eigenvalue weighted by Crippen LogP contribution is -2.45. The summed E-state index contributed by atoms with van der Waals surface area (Å²) in [6.07, 6.45) is 4.35. The highest BCUT2D eigenvalue weighted by Crippen LogP contribution is 2.19. The molecule has 1 aliphatic rings. The van der Waals surface area contributed by atoms with E-state index in [0.717, 1.165) is 31.6 Å². The molecule has 1 fully saturated rings. The van der Waals surface area contributed by atoms with Gasteiger partial charge in [-0.05, 0) is 26.7 Å². The minimum atomic E-state index is 0.390. The minimum Gasteiger partial charge on any atom is -0.328 e. The molecule has 4 heteroatoms. The SMILES string of the molecule is Cc1nn(C)cc1CN1CCC(N)CC1C. The Balaban J connectivity index is 2.02. The monoisotopic (exact) mass is 222 g/mol. The largest absolute Gasteiger partial charge is 0.328 e. The third-order valence-corrected chi connectivity index (χ3v) is 3.54. The Morgan fingerprint density at radius 1 is 1.56 bits per heavy atom. The highest BCUT2D eigenvalue weighted by molar-refractivity contribution is 5.15. The van der Waals surface area contributed by atoms with E-state index in [9.17, 15) is 0 Å². The van der Waals surface area contributed by atoms with Gasteiger partial charge < -0.3 is 5.73 Å². The molecule has 90 valence electrons. The summed E-state index contributed by atoms with van der Waals surface area (Å²) in [6, 6.07) is 0.976. The molecule has 2 rings (SSSR count). The lowest BCUT2D eigenvalue weighted by molar-refractivity contribution is 0.140. The second-order valence-corrected chi connectivity index (χ2v) is 5.02. The first-order chi connectivity index (χ1) is 7.56. The van der Waals surface area contributed by atoms with Gasteiger partial charge in [0, 0.05) is 44.0 Å². The van der Waals surface area contributed by atoms with Crippen LogP contribution in [-0.2, 0) is 13.6 Å². The third-order valence-electron chi connectivity index (χ3n) is 3.54. The number of likely N-dealkylation sites (tertiary alicyclic amines) is 1. The Morgan fingerprint density at radius 3 is 2.88 bits per heavy atom. The molecular weight excluding hydrogens is 200 g/mol. The van der Waals surface area contributed by atoms with E-state index in [1.165, 1.54) is 5.56 Å². The maximum absolute atomic E-state index is 5.97. The van der Waals surface area contributed by atoms with Crippen LogP contribution in [0.4, 0.5) is 0 Å². The molecule has 1 aliphatic heterocycles. The van der Waals surface area contributed by atoms with Crippen molar-refractivity contribution in [1.82, 2.24) is 14.7 Å². The van der Waals surface area contributed by atoms with Crippen molar-refractivity contribution in [2.24, 2.45) is 12.8 Å². The first kappa shape index (κ1) is 11.6. The Labute approximate surface area is 97.4 Å². The molecule has 0 aliphatic carbocycles. The van der Waals surface area contributed by atoms with Gasteiger partial charge in [0.05, 0.1) is 5.69 Å². The van der Waals surface area contributed by atoms with Gasteiger partial charge in [0.1, 0.15) is 0 Å². The van der Waals surface area contributed by atoms with Crippen molar-refractivity contribution in [2.45, 2.75) is 45.3 Å². The van der Waals surface area contributed by atoms with E-state index >= 15 is 0 Å². The van der Waals surface area contributed by atoms with Gasteiger partial charge in [-0.3, -0.25) is 9.58 Å². The number of rotatable bonds is 2. The highest BCUT2D eigenvalue weighted by atomic mass is 15.3. The predicted octanol–water partition coefficient (Wildman–Crippen LogP) is 1.04. The van der Waals surface area contributed by atoms with E-state index in [2.05, 4.69) is 30.0 Å². The van der Waals surface area contributed by atoms with E-state index in [1.807, 2.05) is 11.7 Å². The Kier molecular flexibility index (Phi) is 3.30. The Bertz CT molecular complexity index is 358. The molecule has 2 unspecified atom stereocenters. The fraction of sp³-hybridized carbons (Fsp3) is 0.750. The van der Waals surface area contributed by atoms with Crippen LogP contribution in [0.2, 0.25) is 0 Å². The van der Waals surface area contributed by atoms with Gasteiger partial charge in [0.2, 0.25) is 0 Å². The Hall–Kier alpha value is -0.870. The van der Waals surface area contributed by atoms with Crippen molar-refractivity contribution < 1.29 is 0 Å². The van der Waals surface area contributed by atoms with Crippen molar-refractivity contribution in [3.05, 3.63) is 17.5 Å². The molecule has 1 saturated heterocycles. The zero-order valence-corrected chi connectivity index (χ0v) is 10.5. The maximum Gasteiger partial charge on any atom is 0.0638 e. The standard InChI is InChI=1S/C12H22N4/c1-9-6-12(13)4-5-16(9)8-11-7-15(3)14-10(11)2/h7,9,12H,4-6,8,13H2,1-3H3. The summed E-state index contributed by atoms with van der Waals surface area (Å²) in [5.74, 6) is 0. The molecule has 0 amide bonds. The van der Waals surface area contributed by atoms with E-state index in [0.29, 0.717) is 12.1 Å².